The number of nitrogens with zero attached hydrogens (tertiary/aromatic N) is 3. The summed E-state index contributed by atoms with van der Waals surface area (Å²) in [5.41, 5.74) is 3.00. The molecule has 1 aromatic carbocycles. The van der Waals surface area contributed by atoms with Crippen molar-refractivity contribution in [2.75, 3.05) is 12.4 Å². The molecule has 0 aliphatic carbocycles. The Balaban J connectivity index is 1.68. The molecule has 2 aromatic heterocycles. The summed E-state index contributed by atoms with van der Waals surface area (Å²) in [5.74, 6) is 0.606. The first kappa shape index (κ1) is 20.2. The van der Waals surface area contributed by atoms with Gasteiger partial charge in [0.25, 0.3) is 5.91 Å². The van der Waals surface area contributed by atoms with Gasteiger partial charge in [-0.25, -0.2) is 4.98 Å². The molecule has 8 nitrogen and oxygen atoms in total. The number of benzene rings is 1. The number of carbonyl (C=O) groups is 1. The molecule has 2 heterocycles. The second-order valence-corrected chi connectivity index (χ2v) is 8.39. The number of aromatic nitrogens is 3. The van der Waals surface area contributed by atoms with Crippen LogP contribution in [0.5, 0.6) is 5.75 Å². The Morgan fingerprint density at radius 2 is 2.07 bits per heavy atom. The minimum Gasteiger partial charge on any atom is -0.496 e. The second-order valence-electron chi connectivity index (χ2n) is 5.93. The lowest BCUT2D eigenvalue weighted by molar-refractivity contribution is 0.0775. The monoisotopic (exact) mass is 463 g/mol. The maximum atomic E-state index is 12.1. The normalized spacial score (nSPS) is 11.8. The first-order chi connectivity index (χ1) is 13.4. The zero-order chi connectivity index (χ0) is 20.3. The summed E-state index contributed by atoms with van der Waals surface area (Å²) in [4.78, 5) is 16.7. The highest BCUT2D eigenvalue weighted by molar-refractivity contribution is 9.11. The molecular formula is C18H18BrN5O3S. The molecule has 0 bridgehead atoms. The Morgan fingerprint density at radius 1 is 1.29 bits per heavy atom. The highest BCUT2D eigenvalue weighted by atomic mass is 79.9. The maximum Gasteiger partial charge on any atom is 0.263 e. The SMILES string of the molecule is COc1cc(Nc2ncc(C(O)NC(=O)c3ccc(Br)s3)nn2)cc(C)c1C. The smallest absolute Gasteiger partial charge is 0.263 e. The number of aryl methyl sites for hydroxylation is 1. The van der Waals surface area contributed by atoms with Gasteiger partial charge in [-0.1, -0.05) is 0 Å². The van der Waals surface area contributed by atoms with Crippen LogP contribution >= 0.6 is 27.3 Å². The van der Waals surface area contributed by atoms with Crippen LogP contribution in [0.25, 0.3) is 0 Å². The molecule has 146 valence electrons. The fraction of sp³-hybridized carbons (Fsp3) is 0.222. The van der Waals surface area contributed by atoms with Crippen molar-refractivity contribution in [1.29, 1.82) is 0 Å². The van der Waals surface area contributed by atoms with E-state index in [4.69, 9.17) is 4.74 Å². The molecule has 1 atom stereocenters. The molecule has 0 spiro atoms. The predicted octanol–water partition coefficient (Wildman–Crippen LogP) is 3.49. The predicted molar refractivity (Wildman–Crippen MR) is 110 cm³/mol. The molecule has 0 aliphatic rings. The first-order valence-corrected chi connectivity index (χ1v) is 9.84. The standard InChI is InChI=1S/C18H18BrN5O3S/c1-9-6-11(7-13(27-3)10(9)2)21-18-20-8-12(23-24-18)16(25)22-17(26)14-4-5-15(19)28-14/h4-8,16,25H,1-3H3,(H,22,26)(H,20,21,24). The third-order valence-electron chi connectivity index (χ3n) is 4.02. The highest BCUT2D eigenvalue weighted by Crippen LogP contribution is 2.27. The zero-order valence-electron chi connectivity index (χ0n) is 15.4. The molecule has 0 fully saturated rings. The number of ether oxygens (including phenoxy) is 1. The van der Waals surface area contributed by atoms with Gasteiger partial charge in [-0.3, -0.25) is 4.79 Å². The Morgan fingerprint density at radius 3 is 2.68 bits per heavy atom. The number of carbonyl (C=O) groups excluding carboxylic acids is 1. The van der Waals surface area contributed by atoms with Gasteiger partial charge in [0, 0.05) is 11.8 Å². The zero-order valence-corrected chi connectivity index (χ0v) is 17.8. The van der Waals surface area contributed by atoms with Gasteiger partial charge in [0.1, 0.15) is 11.4 Å². The number of methoxy groups -OCH3 is 1. The Kier molecular flexibility index (Phi) is 6.22. The summed E-state index contributed by atoms with van der Waals surface area (Å²) in [7, 11) is 1.61. The number of rotatable bonds is 6. The Labute approximate surface area is 174 Å². The molecule has 0 saturated carbocycles. The van der Waals surface area contributed by atoms with Crippen LogP contribution in [0.2, 0.25) is 0 Å². The molecule has 3 N–H and O–H groups in total. The fourth-order valence-corrected chi connectivity index (χ4v) is 3.70. The number of hydrogen-bond acceptors (Lipinski definition) is 8. The van der Waals surface area contributed by atoms with Crippen molar-refractivity contribution in [3.63, 3.8) is 0 Å². The van der Waals surface area contributed by atoms with Crippen molar-refractivity contribution < 1.29 is 14.6 Å². The van der Waals surface area contributed by atoms with Gasteiger partial charge in [0.05, 0.1) is 22.0 Å². The van der Waals surface area contributed by atoms with Crippen molar-refractivity contribution in [3.05, 3.63) is 55.9 Å². The maximum absolute atomic E-state index is 12.1. The number of thiophene rings is 1. The number of aliphatic hydroxyl groups is 1. The van der Waals surface area contributed by atoms with E-state index in [9.17, 15) is 9.90 Å². The third-order valence-corrected chi connectivity index (χ3v) is 5.64. The van der Waals surface area contributed by atoms with Gasteiger partial charge < -0.3 is 20.5 Å². The third kappa shape index (κ3) is 4.64. The summed E-state index contributed by atoms with van der Waals surface area (Å²) in [5, 5.41) is 23.5. The average molecular weight is 464 g/mol. The molecule has 1 amide bonds. The Bertz CT molecular complexity index is 993. The van der Waals surface area contributed by atoms with E-state index in [1.54, 1.807) is 19.2 Å². The van der Waals surface area contributed by atoms with E-state index in [0.29, 0.717) is 4.88 Å². The van der Waals surface area contributed by atoms with E-state index in [0.717, 1.165) is 26.4 Å². The van der Waals surface area contributed by atoms with Crippen molar-refractivity contribution in [2.45, 2.75) is 20.1 Å². The van der Waals surface area contributed by atoms with Gasteiger partial charge in [-0.2, -0.15) is 0 Å². The number of anilines is 2. The highest BCUT2D eigenvalue weighted by Gasteiger charge is 2.16. The van der Waals surface area contributed by atoms with Crippen LogP contribution in [-0.2, 0) is 0 Å². The van der Waals surface area contributed by atoms with Crippen LogP contribution in [0, 0.1) is 13.8 Å². The minimum absolute atomic E-state index is 0.132. The van der Waals surface area contributed by atoms with Crippen LogP contribution in [0.15, 0.2) is 34.2 Å². The molecule has 3 aromatic rings. The van der Waals surface area contributed by atoms with Crippen molar-refractivity contribution in [2.24, 2.45) is 0 Å². The van der Waals surface area contributed by atoms with Crippen molar-refractivity contribution >= 4 is 44.8 Å². The van der Waals surface area contributed by atoms with E-state index in [-0.39, 0.29) is 11.6 Å². The lowest BCUT2D eigenvalue weighted by Crippen LogP contribution is -2.28. The first-order valence-electron chi connectivity index (χ1n) is 8.23. The quantitative estimate of drug-likeness (QED) is 0.479. The van der Waals surface area contributed by atoms with Gasteiger partial charge >= 0.3 is 0 Å². The van der Waals surface area contributed by atoms with Gasteiger partial charge in [0.2, 0.25) is 5.95 Å². The molecule has 0 saturated heterocycles. The second kappa shape index (κ2) is 8.63. The van der Waals surface area contributed by atoms with Crippen LogP contribution in [0.3, 0.4) is 0 Å². The van der Waals surface area contributed by atoms with E-state index >= 15 is 0 Å². The molecule has 10 heteroatoms. The molecular weight excluding hydrogens is 446 g/mol. The number of amides is 1. The topological polar surface area (TPSA) is 109 Å². The fourth-order valence-electron chi connectivity index (χ4n) is 2.41. The minimum atomic E-state index is -1.32. The van der Waals surface area contributed by atoms with Gasteiger partial charge in [0.15, 0.2) is 6.23 Å². The van der Waals surface area contributed by atoms with Gasteiger partial charge in [-0.05, 0) is 59.1 Å². The molecule has 1 unspecified atom stereocenters. The van der Waals surface area contributed by atoms with E-state index in [1.807, 2.05) is 26.0 Å². The summed E-state index contributed by atoms with van der Waals surface area (Å²) in [6, 6.07) is 7.21. The molecule has 0 radical (unpaired) electrons. The number of hydrogen-bond donors (Lipinski definition) is 3. The van der Waals surface area contributed by atoms with Crippen molar-refractivity contribution in [3.8, 4) is 5.75 Å². The van der Waals surface area contributed by atoms with E-state index in [2.05, 4.69) is 41.7 Å². The van der Waals surface area contributed by atoms with E-state index in [1.165, 1.54) is 17.5 Å². The number of aliphatic hydroxyl groups excluding tert-OH is 1. The average Bonchev–Trinajstić information content (AvgIpc) is 3.11. The van der Waals surface area contributed by atoms with E-state index < -0.39 is 12.1 Å². The summed E-state index contributed by atoms with van der Waals surface area (Å²) in [6.07, 6.45) is 0.0345. The Hall–Kier alpha value is -2.56. The lowest BCUT2D eigenvalue weighted by Gasteiger charge is -2.13. The van der Waals surface area contributed by atoms with Crippen LogP contribution in [0.4, 0.5) is 11.6 Å². The molecule has 0 aliphatic heterocycles. The largest absolute Gasteiger partial charge is 0.496 e. The van der Waals surface area contributed by atoms with Crippen LogP contribution in [-0.4, -0.2) is 33.3 Å². The number of nitrogens with one attached hydrogen (secondary N) is 2. The van der Waals surface area contributed by atoms with Gasteiger partial charge in [-0.15, -0.1) is 21.5 Å². The summed E-state index contributed by atoms with van der Waals surface area (Å²) in [6.45, 7) is 3.96. The van der Waals surface area contributed by atoms with Crippen molar-refractivity contribution in [1.82, 2.24) is 20.5 Å². The van der Waals surface area contributed by atoms with Crippen LogP contribution in [0.1, 0.15) is 32.7 Å². The number of halogens is 1. The van der Waals surface area contributed by atoms with Crippen LogP contribution < -0.4 is 15.4 Å². The summed E-state index contributed by atoms with van der Waals surface area (Å²) >= 11 is 4.56. The molecule has 3 rings (SSSR count). The lowest BCUT2D eigenvalue weighted by atomic mass is 10.1. The summed E-state index contributed by atoms with van der Waals surface area (Å²) < 4.78 is 6.18. The molecule has 28 heavy (non-hydrogen) atoms.